The molecule has 0 spiro atoms. The Kier molecular flexibility index (Phi) is 4.37. The van der Waals surface area contributed by atoms with Gasteiger partial charge in [0.1, 0.15) is 12.4 Å². The van der Waals surface area contributed by atoms with Crippen LogP contribution in [0, 0.1) is 0 Å². The lowest BCUT2D eigenvalue weighted by Crippen LogP contribution is -2.22. The maximum Gasteiger partial charge on any atom is 0.173 e. The predicted octanol–water partition coefficient (Wildman–Crippen LogP) is 3.87. The second-order valence-electron chi connectivity index (χ2n) is 6.47. The van der Waals surface area contributed by atoms with Gasteiger partial charge in [-0.1, -0.05) is 19.6 Å². The van der Waals surface area contributed by atoms with Crippen molar-refractivity contribution in [2.45, 2.75) is 32.4 Å². The van der Waals surface area contributed by atoms with E-state index in [1.54, 1.807) is 23.0 Å². The van der Waals surface area contributed by atoms with Crippen LogP contribution in [0.4, 0.5) is 0 Å². The fraction of sp³-hybridized carbons (Fsp3) is 0.400. The molecule has 0 aromatic carbocycles. The molecule has 3 aromatic heterocycles. The molecular formula is C15H20N4OSSi. The third kappa shape index (κ3) is 3.60. The predicted molar refractivity (Wildman–Crippen MR) is 92.7 cm³/mol. The van der Waals surface area contributed by atoms with E-state index < -0.39 is 8.07 Å². The first kappa shape index (κ1) is 15.3. The number of hydrogen-bond donors (Lipinski definition) is 0. The van der Waals surface area contributed by atoms with E-state index in [-0.39, 0.29) is 0 Å². The van der Waals surface area contributed by atoms with E-state index in [1.165, 1.54) is 6.04 Å². The average molecular weight is 333 g/mol. The van der Waals surface area contributed by atoms with Crippen LogP contribution in [0.15, 0.2) is 30.2 Å². The van der Waals surface area contributed by atoms with Crippen LogP contribution in [0.25, 0.3) is 21.7 Å². The lowest BCUT2D eigenvalue weighted by molar-refractivity contribution is 0.0899. The molecule has 5 nitrogen and oxygen atoms in total. The minimum absolute atomic E-state index is 0.535. The summed E-state index contributed by atoms with van der Waals surface area (Å²) in [6, 6.07) is 3.20. The molecule has 0 saturated heterocycles. The molecule has 0 radical (unpaired) electrons. The van der Waals surface area contributed by atoms with Crippen molar-refractivity contribution in [1.82, 2.24) is 19.5 Å². The largest absolute Gasteiger partial charge is 0.361 e. The van der Waals surface area contributed by atoms with Gasteiger partial charge in [0.05, 0.1) is 10.4 Å². The molecule has 0 amide bonds. The molecule has 22 heavy (non-hydrogen) atoms. The summed E-state index contributed by atoms with van der Waals surface area (Å²) in [5.41, 5.74) is 2.70. The summed E-state index contributed by atoms with van der Waals surface area (Å²) in [6.07, 6.45) is 5.66. The maximum absolute atomic E-state index is 5.82. The molecule has 3 heterocycles. The van der Waals surface area contributed by atoms with Crippen molar-refractivity contribution in [2.24, 2.45) is 0 Å². The van der Waals surface area contributed by atoms with Gasteiger partial charge in [0.25, 0.3) is 0 Å². The highest BCUT2D eigenvalue weighted by molar-refractivity contribution is 7.13. The Balaban J connectivity index is 1.74. The van der Waals surface area contributed by atoms with Crippen molar-refractivity contribution in [3.8, 4) is 10.7 Å². The zero-order valence-electron chi connectivity index (χ0n) is 13.1. The van der Waals surface area contributed by atoms with Gasteiger partial charge in [0, 0.05) is 38.7 Å². The van der Waals surface area contributed by atoms with Gasteiger partial charge < -0.3 is 9.30 Å². The summed E-state index contributed by atoms with van der Waals surface area (Å²) in [4.78, 5) is 14.1. The number of fused-ring (bicyclic) bond motifs is 1. The highest BCUT2D eigenvalue weighted by atomic mass is 32.1. The first-order valence-electron chi connectivity index (χ1n) is 7.31. The molecule has 0 atom stereocenters. The third-order valence-electron chi connectivity index (χ3n) is 3.38. The van der Waals surface area contributed by atoms with Gasteiger partial charge in [-0.05, 0) is 12.1 Å². The summed E-state index contributed by atoms with van der Waals surface area (Å²) in [6.45, 7) is 8.41. The van der Waals surface area contributed by atoms with Crippen LogP contribution in [0.1, 0.15) is 0 Å². The quantitative estimate of drug-likeness (QED) is 0.508. The van der Waals surface area contributed by atoms with E-state index in [0.29, 0.717) is 6.73 Å². The zero-order valence-corrected chi connectivity index (χ0v) is 14.9. The molecule has 0 bridgehead atoms. The SMILES string of the molecule is C[Si](C)(C)CCOCn1ccc2cnc(-c3cncs3)nc21. The first-order chi connectivity index (χ1) is 10.5. The minimum Gasteiger partial charge on any atom is -0.361 e. The molecule has 0 aliphatic heterocycles. The molecule has 0 aliphatic carbocycles. The maximum atomic E-state index is 5.82. The van der Waals surface area contributed by atoms with Crippen molar-refractivity contribution in [3.63, 3.8) is 0 Å². The van der Waals surface area contributed by atoms with Crippen molar-refractivity contribution in [2.75, 3.05) is 6.61 Å². The van der Waals surface area contributed by atoms with E-state index in [9.17, 15) is 0 Å². The molecule has 0 unspecified atom stereocenters. The standard InChI is InChI=1S/C15H20N4OSSi/c1-22(2,3)7-6-20-11-19-5-4-12-8-17-14(18-15(12)19)13-9-16-10-21-13/h4-5,8-10H,6-7,11H2,1-3H3. The molecule has 0 saturated carbocycles. The highest BCUT2D eigenvalue weighted by Gasteiger charge is 2.12. The zero-order chi connectivity index (χ0) is 15.6. The number of thiazole rings is 1. The van der Waals surface area contributed by atoms with Crippen molar-refractivity contribution < 1.29 is 4.74 Å². The molecule has 3 aromatic rings. The molecular weight excluding hydrogens is 312 g/mol. The first-order valence-corrected chi connectivity index (χ1v) is 11.9. The van der Waals surface area contributed by atoms with Crippen LogP contribution in [0.2, 0.25) is 25.7 Å². The smallest absolute Gasteiger partial charge is 0.173 e. The van der Waals surface area contributed by atoms with Crippen LogP contribution >= 0.6 is 11.3 Å². The molecule has 0 fully saturated rings. The average Bonchev–Trinajstić information content (AvgIpc) is 3.12. The Bertz CT molecular complexity index is 749. The molecule has 116 valence electrons. The second kappa shape index (κ2) is 6.27. The van der Waals surface area contributed by atoms with Crippen molar-refractivity contribution >= 4 is 30.4 Å². The second-order valence-corrected chi connectivity index (χ2v) is 13.0. The van der Waals surface area contributed by atoms with E-state index in [1.807, 2.05) is 23.0 Å². The van der Waals surface area contributed by atoms with Gasteiger partial charge in [0.2, 0.25) is 0 Å². The Labute approximate surface area is 135 Å². The van der Waals surface area contributed by atoms with Crippen LogP contribution in [-0.4, -0.2) is 34.2 Å². The molecule has 0 aliphatic rings. The molecule has 7 heteroatoms. The normalized spacial score (nSPS) is 12.1. The Morgan fingerprint density at radius 3 is 2.86 bits per heavy atom. The van der Waals surface area contributed by atoms with Crippen LogP contribution < -0.4 is 0 Å². The number of nitrogens with zero attached hydrogens (tertiary/aromatic N) is 4. The van der Waals surface area contributed by atoms with E-state index >= 15 is 0 Å². The fourth-order valence-electron chi connectivity index (χ4n) is 2.06. The van der Waals surface area contributed by atoms with E-state index in [4.69, 9.17) is 4.74 Å². The van der Waals surface area contributed by atoms with Gasteiger partial charge in [-0.3, -0.25) is 4.98 Å². The summed E-state index contributed by atoms with van der Waals surface area (Å²) >= 11 is 1.55. The third-order valence-corrected chi connectivity index (χ3v) is 5.85. The molecule has 0 N–H and O–H groups in total. The monoisotopic (exact) mass is 332 g/mol. The Morgan fingerprint density at radius 1 is 1.27 bits per heavy atom. The summed E-state index contributed by atoms with van der Waals surface area (Å²) in [5.74, 6) is 0.719. The lowest BCUT2D eigenvalue weighted by Gasteiger charge is -2.15. The van der Waals surface area contributed by atoms with Crippen molar-refractivity contribution in [3.05, 3.63) is 30.2 Å². The van der Waals surface area contributed by atoms with Crippen LogP contribution in [0.5, 0.6) is 0 Å². The summed E-state index contributed by atoms with van der Waals surface area (Å²) in [5, 5.41) is 1.03. The topological polar surface area (TPSA) is 52.8 Å². The summed E-state index contributed by atoms with van der Waals surface area (Å²) < 4.78 is 7.85. The lowest BCUT2D eigenvalue weighted by atomic mass is 10.4. The van der Waals surface area contributed by atoms with E-state index in [0.717, 1.165) is 28.3 Å². The van der Waals surface area contributed by atoms with E-state index in [2.05, 4.69) is 34.6 Å². The van der Waals surface area contributed by atoms with Crippen LogP contribution in [-0.2, 0) is 11.5 Å². The number of aromatic nitrogens is 4. The van der Waals surface area contributed by atoms with Gasteiger partial charge in [0.15, 0.2) is 5.82 Å². The van der Waals surface area contributed by atoms with Crippen molar-refractivity contribution in [1.29, 1.82) is 0 Å². The number of ether oxygens (including phenoxy) is 1. The van der Waals surface area contributed by atoms with Gasteiger partial charge in [-0.25, -0.2) is 9.97 Å². The number of hydrogen-bond acceptors (Lipinski definition) is 5. The summed E-state index contributed by atoms with van der Waals surface area (Å²) in [7, 11) is -1.04. The van der Waals surface area contributed by atoms with Gasteiger partial charge in [-0.15, -0.1) is 11.3 Å². The Morgan fingerprint density at radius 2 is 2.14 bits per heavy atom. The Hall–Kier alpha value is -1.57. The molecule has 3 rings (SSSR count). The minimum atomic E-state index is -1.04. The van der Waals surface area contributed by atoms with Crippen LogP contribution in [0.3, 0.4) is 0 Å². The number of rotatable bonds is 6. The highest BCUT2D eigenvalue weighted by Crippen LogP contribution is 2.22. The fourth-order valence-corrected chi connectivity index (χ4v) is 3.38. The van der Waals surface area contributed by atoms with Gasteiger partial charge >= 0.3 is 0 Å². The van der Waals surface area contributed by atoms with Gasteiger partial charge in [-0.2, -0.15) is 0 Å².